The van der Waals surface area contributed by atoms with Crippen LogP contribution in [0.15, 0.2) is 48.8 Å². The molecule has 5 nitrogen and oxygen atoms in total. The predicted molar refractivity (Wildman–Crippen MR) is 84.3 cm³/mol. The van der Waals surface area contributed by atoms with Crippen molar-refractivity contribution in [3.05, 3.63) is 54.4 Å². The van der Waals surface area contributed by atoms with Crippen molar-refractivity contribution in [3.8, 4) is 5.88 Å². The molecule has 0 atom stereocenters. The van der Waals surface area contributed by atoms with Gasteiger partial charge in [-0.05, 0) is 11.6 Å². The molecule has 0 radical (unpaired) electrons. The Labute approximate surface area is 122 Å². The van der Waals surface area contributed by atoms with E-state index in [-0.39, 0.29) is 0 Å². The Kier molecular flexibility index (Phi) is 3.55. The van der Waals surface area contributed by atoms with E-state index in [9.17, 15) is 0 Å². The molecule has 0 bridgehead atoms. The lowest BCUT2D eigenvalue weighted by Crippen LogP contribution is -2.04. The summed E-state index contributed by atoms with van der Waals surface area (Å²) in [6.07, 6.45) is 3.46. The highest BCUT2D eigenvalue weighted by molar-refractivity contribution is 5.96. The Morgan fingerprint density at radius 1 is 1.10 bits per heavy atom. The first-order valence-electron chi connectivity index (χ1n) is 6.64. The summed E-state index contributed by atoms with van der Waals surface area (Å²) in [6, 6.07) is 11.7. The van der Waals surface area contributed by atoms with E-state index < -0.39 is 0 Å². The number of nitrogens with two attached hydrogens (primary N) is 1. The highest BCUT2D eigenvalue weighted by atomic mass is 16.5. The Balaban J connectivity index is 1.85. The molecule has 5 heteroatoms. The normalized spacial score (nSPS) is 10.5. The number of ether oxygens (including phenoxy) is 1. The fraction of sp³-hybridized carbons (Fsp3) is 0.125. The van der Waals surface area contributed by atoms with Gasteiger partial charge in [0.05, 0.1) is 30.2 Å². The van der Waals surface area contributed by atoms with E-state index in [0.29, 0.717) is 18.1 Å². The molecule has 3 rings (SSSR count). The average molecular weight is 280 g/mol. The summed E-state index contributed by atoms with van der Waals surface area (Å²) < 4.78 is 5.05. The lowest BCUT2D eigenvalue weighted by atomic mass is 10.1. The van der Waals surface area contributed by atoms with Crippen molar-refractivity contribution in [2.75, 3.05) is 18.2 Å². The van der Waals surface area contributed by atoms with Crippen molar-refractivity contribution in [1.82, 2.24) is 9.97 Å². The largest absolute Gasteiger partial charge is 0.481 e. The molecule has 0 saturated carbocycles. The molecule has 1 aromatic carbocycles. The van der Waals surface area contributed by atoms with E-state index in [1.165, 1.54) is 0 Å². The molecule has 3 aromatic rings. The van der Waals surface area contributed by atoms with Crippen LogP contribution < -0.4 is 15.8 Å². The third kappa shape index (κ3) is 2.72. The lowest BCUT2D eigenvalue weighted by molar-refractivity contribution is 0.397. The number of pyridine rings is 2. The summed E-state index contributed by atoms with van der Waals surface area (Å²) >= 11 is 0. The lowest BCUT2D eigenvalue weighted by Gasteiger charge is -2.12. The first kappa shape index (κ1) is 13.2. The quantitative estimate of drug-likeness (QED) is 0.768. The van der Waals surface area contributed by atoms with E-state index in [4.69, 9.17) is 10.5 Å². The van der Waals surface area contributed by atoms with Gasteiger partial charge < -0.3 is 15.8 Å². The number of hydrogen-bond acceptors (Lipinski definition) is 5. The zero-order valence-corrected chi connectivity index (χ0v) is 11.7. The summed E-state index contributed by atoms with van der Waals surface area (Å²) in [5, 5.41) is 4.38. The Hall–Kier alpha value is -2.82. The van der Waals surface area contributed by atoms with E-state index >= 15 is 0 Å². The number of rotatable bonds is 4. The number of nitrogens with zero attached hydrogens (tertiary/aromatic N) is 2. The fourth-order valence-corrected chi connectivity index (χ4v) is 2.18. The molecule has 0 aliphatic rings. The van der Waals surface area contributed by atoms with Gasteiger partial charge in [-0.2, -0.15) is 0 Å². The van der Waals surface area contributed by atoms with E-state index in [2.05, 4.69) is 15.3 Å². The van der Waals surface area contributed by atoms with Gasteiger partial charge in [-0.15, -0.1) is 0 Å². The van der Waals surface area contributed by atoms with Gasteiger partial charge >= 0.3 is 0 Å². The summed E-state index contributed by atoms with van der Waals surface area (Å²) in [6.45, 7) is 0.634. The standard InChI is InChI=1S/C16H16N4O/c1-21-15-7-6-11(8-19-15)9-20-16-12-4-2-3-5-14(12)18-10-13(16)17/h2-8,10H,9,17H2,1H3,(H,18,20). The van der Waals surface area contributed by atoms with Crippen LogP contribution in [0.1, 0.15) is 5.56 Å². The minimum absolute atomic E-state index is 0.604. The van der Waals surface area contributed by atoms with Gasteiger partial charge in [-0.3, -0.25) is 4.98 Å². The molecular formula is C16H16N4O. The summed E-state index contributed by atoms with van der Waals surface area (Å²) in [5.74, 6) is 0.604. The van der Waals surface area contributed by atoms with Crippen molar-refractivity contribution in [2.24, 2.45) is 0 Å². The average Bonchev–Trinajstić information content (AvgIpc) is 2.54. The molecule has 0 saturated heterocycles. The predicted octanol–water partition coefficient (Wildman–Crippen LogP) is 2.83. The van der Waals surface area contributed by atoms with Gasteiger partial charge in [0.25, 0.3) is 0 Å². The molecule has 2 heterocycles. The smallest absolute Gasteiger partial charge is 0.212 e. The molecule has 0 amide bonds. The monoisotopic (exact) mass is 280 g/mol. The highest BCUT2D eigenvalue weighted by Gasteiger charge is 2.06. The second-order valence-electron chi connectivity index (χ2n) is 4.67. The van der Waals surface area contributed by atoms with E-state index in [1.54, 1.807) is 19.5 Å². The Morgan fingerprint density at radius 3 is 2.71 bits per heavy atom. The molecule has 0 unspecified atom stereocenters. The molecule has 3 N–H and O–H groups in total. The van der Waals surface area contributed by atoms with Crippen LogP contribution in [0.2, 0.25) is 0 Å². The highest BCUT2D eigenvalue weighted by Crippen LogP contribution is 2.27. The molecule has 0 spiro atoms. The number of fused-ring (bicyclic) bond motifs is 1. The molecule has 0 aliphatic carbocycles. The van der Waals surface area contributed by atoms with Crippen molar-refractivity contribution in [3.63, 3.8) is 0 Å². The number of methoxy groups -OCH3 is 1. The van der Waals surface area contributed by atoms with E-state index in [0.717, 1.165) is 22.2 Å². The number of anilines is 2. The Bertz CT molecular complexity index is 756. The van der Waals surface area contributed by atoms with Crippen LogP contribution in [0.25, 0.3) is 10.9 Å². The molecule has 21 heavy (non-hydrogen) atoms. The number of nitrogen functional groups attached to an aromatic ring is 1. The van der Waals surface area contributed by atoms with Crippen LogP contribution in [0.4, 0.5) is 11.4 Å². The van der Waals surface area contributed by atoms with Crippen LogP contribution in [-0.2, 0) is 6.54 Å². The molecule has 2 aromatic heterocycles. The minimum atomic E-state index is 0.604. The fourth-order valence-electron chi connectivity index (χ4n) is 2.18. The summed E-state index contributed by atoms with van der Waals surface area (Å²) in [4.78, 5) is 8.51. The van der Waals surface area contributed by atoms with E-state index in [1.807, 2.05) is 36.4 Å². The zero-order chi connectivity index (χ0) is 14.7. The third-order valence-corrected chi connectivity index (χ3v) is 3.28. The molecule has 106 valence electrons. The molecule has 0 aliphatic heterocycles. The maximum Gasteiger partial charge on any atom is 0.212 e. The maximum atomic E-state index is 6.04. The second kappa shape index (κ2) is 5.66. The number of benzene rings is 1. The zero-order valence-electron chi connectivity index (χ0n) is 11.7. The number of nitrogens with one attached hydrogen (secondary N) is 1. The van der Waals surface area contributed by atoms with Crippen LogP contribution in [-0.4, -0.2) is 17.1 Å². The molecular weight excluding hydrogens is 264 g/mol. The topological polar surface area (TPSA) is 73.1 Å². The Morgan fingerprint density at radius 2 is 1.95 bits per heavy atom. The van der Waals surface area contributed by atoms with Crippen molar-refractivity contribution in [1.29, 1.82) is 0 Å². The van der Waals surface area contributed by atoms with Gasteiger partial charge in [0, 0.05) is 24.2 Å². The maximum absolute atomic E-state index is 6.04. The van der Waals surface area contributed by atoms with Gasteiger partial charge in [-0.25, -0.2) is 4.98 Å². The van der Waals surface area contributed by atoms with Gasteiger partial charge in [0.1, 0.15) is 0 Å². The number of para-hydroxylation sites is 1. The van der Waals surface area contributed by atoms with Gasteiger partial charge in [-0.1, -0.05) is 24.3 Å². The van der Waals surface area contributed by atoms with Gasteiger partial charge in [0.2, 0.25) is 5.88 Å². The number of aromatic nitrogens is 2. The first-order valence-corrected chi connectivity index (χ1v) is 6.64. The number of hydrogen-bond donors (Lipinski definition) is 2. The van der Waals surface area contributed by atoms with Crippen LogP contribution >= 0.6 is 0 Å². The van der Waals surface area contributed by atoms with Crippen molar-refractivity contribution < 1.29 is 4.74 Å². The van der Waals surface area contributed by atoms with Crippen LogP contribution in [0.5, 0.6) is 5.88 Å². The third-order valence-electron chi connectivity index (χ3n) is 3.28. The van der Waals surface area contributed by atoms with Crippen LogP contribution in [0.3, 0.4) is 0 Å². The summed E-state index contributed by atoms with van der Waals surface area (Å²) in [5.41, 5.74) is 9.54. The second-order valence-corrected chi connectivity index (χ2v) is 4.67. The van der Waals surface area contributed by atoms with Crippen molar-refractivity contribution >= 4 is 22.3 Å². The first-order chi connectivity index (χ1) is 10.3. The molecule has 0 fully saturated rings. The minimum Gasteiger partial charge on any atom is -0.481 e. The van der Waals surface area contributed by atoms with Crippen molar-refractivity contribution in [2.45, 2.75) is 6.54 Å². The van der Waals surface area contributed by atoms with Gasteiger partial charge in [0.15, 0.2) is 0 Å². The SMILES string of the molecule is COc1ccc(CNc2c(N)cnc3ccccc23)cn1. The summed E-state index contributed by atoms with van der Waals surface area (Å²) in [7, 11) is 1.60. The van der Waals surface area contributed by atoms with Crippen LogP contribution in [0, 0.1) is 0 Å².